The molecule has 2 aromatic rings. The standard InChI is InChI=1S/C49H74N2O4/c1-37(2)17-13-18-38(3)19-14-20-39(4)21-15-22-40(5)23-16-24-41(6)31-32-51(36-43-28-30-47(53-8)49(34-43)55-10)45-26-12-11-25-44(45)50-35-42-27-29-46(52-7)48(33-42)54-9/h17,19,21,23,27-31,33-34,44-45,50H,11-16,18,20,22,24-26,32,35-36H2,1-10H3. The zero-order valence-corrected chi connectivity index (χ0v) is 36.2. The van der Waals surface area contributed by atoms with Gasteiger partial charge in [0.05, 0.1) is 28.4 Å². The summed E-state index contributed by atoms with van der Waals surface area (Å²) in [6.07, 6.45) is 26.0. The monoisotopic (exact) mass is 755 g/mol. The van der Waals surface area contributed by atoms with Crippen LogP contribution in [-0.4, -0.2) is 52.0 Å². The topological polar surface area (TPSA) is 52.2 Å². The third-order valence-electron chi connectivity index (χ3n) is 10.9. The Morgan fingerprint density at radius 3 is 1.55 bits per heavy atom. The SMILES string of the molecule is COc1ccc(CNC2CCCCC2N(CC=C(C)CCC=C(C)CCC=C(C)CCC=C(C)CCC=C(C)C)Cc2ccc(OC)c(OC)c2)cc1OC. The Hall–Kier alpha value is -3.74. The van der Waals surface area contributed by atoms with Crippen LogP contribution < -0.4 is 24.3 Å². The molecule has 0 spiro atoms. The van der Waals surface area contributed by atoms with Crippen LogP contribution in [0, 0.1) is 0 Å². The van der Waals surface area contributed by atoms with Gasteiger partial charge in [-0.15, -0.1) is 0 Å². The Bertz CT molecular complexity index is 1600. The maximum Gasteiger partial charge on any atom is 0.161 e. The van der Waals surface area contributed by atoms with Gasteiger partial charge in [-0.3, -0.25) is 4.90 Å². The molecule has 3 rings (SSSR count). The van der Waals surface area contributed by atoms with Crippen molar-refractivity contribution in [3.05, 3.63) is 106 Å². The van der Waals surface area contributed by atoms with E-state index in [-0.39, 0.29) is 0 Å². The molecule has 2 aromatic carbocycles. The first kappa shape index (κ1) is 45.6. The summed E-state index contributed by atoms with van der Waals surface area (Å²) in [4.78, 5) is 2.67. The molecule has 0 saturated heterocycles. The Balaban J connectivity index is 1.61. The van der Waals surface area contributed by atoms with Crippen molar-refractivity contribution in [2.45, 2.75) is 144 Å². The zero-order chi connectivity index (χ0) is 40.0. The van der Waals surface area contributed by atoms with Gasteiger partial charge in [0.2, 0.25) is 0 Å². The summed E-state index contributed by atoms with van der Waals surface area (Å²) in [5.41, 5.74) is 9.81. The second kappa shape index (κ2) is 25.4. The minimum absolute atomic E-state index is 0.386. The third-order valence-corrected chi connectivity index (χ3v) is 10.9. The molecule has 1 aliphatic rings. The zero-order valence-electron chi connectivity index (χ0n) is 36.2. The molecule has 1 saturated carbocycles. The minimum atomic E-state index is 0.386. The number of nitrogens with one attached hydrogen (secondary N) is 1. The van der Waals surface area contributed by atoms with Crippen LogP contribution in [0.4, 0.5) is 0 Å². The second-order valence-electron chi connectivity index (χ2n) is 15.8. The molecule has 0 radical (unpaired) electrons. The van der Waals surface area contributed by atoms with E-state index in [1.165, 1.54) is 64.7 Å². The van der Waals surface area contributed by atoms with E-state index in [1.807, 2.05) is 12.1 Å². The average Bonchev–Trinajstić information content (AvgIpc) is 3.18. The summed E-state index contributed by atoms with van der Waals surface area (Å²) in [5, 5.41) is 3.95. The lowest BCUT2D eigenvalue weighted by Crippen LogP contribution is -2.51. The summed E-state index contributed by atoms with van der Waals surface area (Å²) in [6, 6.07) is 13.3. The number of nitrogens with zero attached hydrogens (tertiary/aromatic N) is 1. The van der Waals surface area contributed by atoms with Gasteiger partial charge in [0.25, 0.3) is 0 Å². The van der Waals surface area contributed by atoms with E-state index < -0.39 is 0 Å². The summed E-state index contributed by atoms with van der Waals surface area (Å²) < 4.78 is 22.3. The van der Waals surface area contributed by atoms with Crippen molar-refractivity contribution >= 4 is 0 Å². The molecule has 2 atom stereocenters. The minimum Gasteiger partial charge on any atom is -0.493 e. The van der Waals surface area contributed by atoms with Crippen molar-refractivity contribution in [3.63, 3.8) is 0 Å². The molecule has 0 bridgehead atoms. The maximum absolute atomic E-state index is 5.69. The van der Waals surface area contributed by atoms with Gasteiger partial charge in [-0.25, -0.2) is 0 Å². The number of rotatable bonds is 24. The van der Waals surface area contributed by atoms with Crippen LogP contribution in [-0.2, 0) is 13.1 Å². The maximum atomic E-state index is 5.69. The molecule has 6 heteroatoms. The fourth-order valence-electron chi connectivity index (χ4n) is 7.47. The number of hydrogen-bond acceptors (Lipinski definition) is 6. The fourth-order valence-corrected chi connectivity index (χ4v) is 7.47. The van der Waals surface area contributed by atoms with E-state index in [9.17, 15) is 0 Å². The molecule has 0 amide bonds. The molecular formula is C49H74N2O4. The third kappa shape index (κ3) is 16.9. The normalized spacial score (nSPS) is 17.0. The van der Waals surface area contributed by atoms with Gasteiger partial charge in [-0.2, -0.15) is 0 Å². The van der Waals surface area contributed by atoms with Crippen LogP contribution >= 0.6 is 0 Å². The first-order valence-electron chi connectivity index (χ1n) is 20.7. The van der Waals surface area contributed by atoms with E-state index >= 15 is 0 Å². The van der Waals surface area contributed by atoms with Gasteiger partial charge in [0.15, 0.2) is 23.0 Å². The van der Waals surface area contributed by atoms with Crippen LogP contribution in [0.3, 0.4) is 0 Å². The molecule has 1 aliphatic carbocycles. The summed E-state index contributed by atoms with van der Waals surface area (Å²) in [5.74, 6) is 3.07. The van der Waals surface area contributed by atoms with Gasteiger partial charge >= 0.3 is 0 Å². The summed E-state index contributed by atoms with van der Waals surface area (Å²) in [6.45, 7) is 16.1. The lowest BCUT2D eigenvalue weighted by atomic mass is 9.88. The molecule has 2 unspecified atom stereocenters. The van der Waals surface area contributed by atoms with E-state index in [0.717, 1.165) is 94.0 Å². The highest BCUT2D eigenvalue weighted by molar-refractivity contribution is 5.43. The average molecular weight is 755 g/mol. The first-order chi connectivity index (χ1) is 26.6. The van der Waals surface area contributed by atoms with Gasteiger partial charge in [-0.1, -0.05) is 83.2 Å². The second-order valence-corrected chi connectivity index (χ2v) is 15.8. The number of ether oxygens (including phenoxy) is 4. The predicted octanol–water partition coefficient (Wildman–Crippen LogP) is 12.5. The van der Waals surface area contributed by atoms with Crippen molar-refractivity contribution < 1.29 is 18.9 Å². The molecule has 304 valence electrons. The molecule has 0 aliphatic heterocycles. The highest BCUT2D eigenvalue weighted by Gasteiger charge is 2.30. The Morgan fingerprint density at radius 2 is 1.04 bits per heavy atom. The highest BCUT2D eigenvalue weighted by Crippen LogP contribution is 2.31. The van der Waals surface area contributed by atoms with Crippen molar-refractivity contribution in [3.8, 4) is 23.0 Å². The summed E-state index contributed by atoms with van der Waals surface area (Å²) >= 11 is 0. The first-order valence-corrected chi connectivity index (χ1v) is 20.7. The van der Waals surface area contributed by atoms with Gasteiger partial charge in [0, 0.05) is 31.7 Å². The Morgan fingerprint density at radius 1 is 0.582 bits per heavy atom. The largest absolute Gasteiger partial charge is 0.493 e. The van der Waals surface area contributed by atoms with Crippen LogP contribution in [0.2, 0.25) is 0 Å². The number of allylic oxidation sites excluding steroid dienone is 9. The highest BCUT2D eigenvalue weighted by atomic mass is 16.5. The van der Waals surface area contributed by atoms with E-state index in [1.54, 1.807) is 28.4 Å². The van der Waals surface area contributed by atoms with Gasteiger partial charge in [-0.05, 0) is 141 Å². The molecule has 1 fully saturated rings. The van der Waals surface area contributed by atoms with Crippen molar-refractivity contribution in [1.29, 1.82) is 0 Å². The van der Waals surface area contributed by atoms with Crippen LogP contribution in [0.25, 0.3) is 0 Å². The van der Waals surface area contributed by atoms with Crippen molar-refractivity contribution in [2.75, 3.05) is 35.0 Å². The van der Waals surface area contributed by atoms with Crippen LogP contribution in [0.5, 0.6) is 23.0 Å². The molecular weight excluding hydrogens is 681 g/mol. The van der Waals surface area contributed by atoms with E-state index in [4.69, 9.17) is 18.9 Å². The quantitative estimate of drug-likeness (QED) is 0.108. The lowest BCUT2D eigenvalue weighted by Gasteiger charge is -2.40. The smallest absolute Gasteiger partial charge is 0.161 e. The van der Waals surface area contributed by atoms with Gasteiger partial charge < -0.3 is 24.3 Å². The molecule has 1 N–H and O–H groups in total. The van der Waals surface area contributed by atoms with Crippen molar-refractivity contribution in [2.24, 2.45) is 0 Å². The number of hydrogen-bond donors (Lipinski definition) is 1. The predicted molar refractivity (Wildman–Crippen MR) is 234 cm³/mol. The lowest BCUT2D eigenvalue weighted by molar-refractivity contribution is 0.126. The Labute approximate surface area is 335 Å². The number of methoxy groups -OCH3 is 4. The fraction of sp³-hybridized carbons (Fsp3) is 0.551. The van der Waals surface area contributed by atoms with E-state index in [2.05, 4.69) is 106 Å². The molecule has 0 heterocycles. The number of benzene rings is 2. The Kier molecular flexibility index (Phi) is 21.1. The summed E-state index contributed by atoms with van der Waals surface area (Å²) in [7, 11) is 6.78. The van der Waals surface area contributed by atoms with E-state index in [0.29, 0.717) is 12.1 Å². The van der Waals surface area contributed by atoms with Crippen molar-refractivity contribution in [1.82, 2.24) is 10.2 Å². The molecule has 0 aromatic heterocycles. The molecule has 6 nitrogen and oxygen atoms in total. The van der Waals surface area contributed by atoms with Crippen LogP contribution in [0.1, 0.15) is 130 Å². The van der Waals surface area contributed by atoms with Gasteiger partial charge in [0.1, 0.15) is 0 Å². The molecule has 55 heavy (non-hydrogen) atoms. The van der Waals surface area contributed by atoms with Crippen LogP contribution in [0.15, 0.2) is 94.6 Å².